The first kappa shape index (κ1) is 32.0. The van der Waals surface area contributed by atoms with E-state index in [9.17, 15) is 25.2 Å². The molecule has 1 aromatic rings. The number of rotatable bonds is 3. The lowest BCUT2D eigenvalue weighted by Crippen LogP contribution is -2.33. The van der Waals surface area contributed by atoms with E-state index in [-0.39, 0.29) is 18.1 Å². The van der Waals surface area contributed by atoms with E-state index in [2.05, 4.69) is 6.92 Å². The average molecular weight is 537 g/mol. The summed E-state index contributed by atoms with van der Waals surface area (Å²) in [6.45, 7) is 7.39. The summed E-state index contributed by atoms with van der Waals surface area (Å²) < 4.78 is 5.83. The van der Waals surface area contributed by atoms with Gasteiger partial charge in [0.1, 0.15) is 11.9 Å². The van der Waals surface area contributed by atoms with Crippen LogP contribution in [-0.2, 0) is 9.53 Å². The van der Waals surface area contributed by atoms with Crippen LogP contribution in [0.5, 0.6) is 5.75 Å². The van der Waals surface area contributed by atoms with Gasteiger partial charge in [0, 0.05) is 17.9 Å². The maximum atomic E-state index is 12.9. The Hall–Kier alpha value is -3.19. The molecule has 2 rings (SSSR count). The van der Waals surface area contributed by atoms with E-state index in [0.717, 1.165) is 12.0 Å². The monoisotopic (exact) mass is 536 g/mol. The first-order valence-electron chi connectivity index (χ1n) is 13.6. The number of benzene rings is 1. The van der Waals surface area contributed by atoms with Crippen LogP contribution in [0.2, 0.25) is 0 Å². The lowest BCUT2D eigenvalue weighted by atomic mass is 9.88. The molecule has 0 spiro atoms. The molecule has 0 bridgehead atoms. The molecule has 1 heterocycles. The van der Waals surface area contributed by atoms with Crippen LogP contribution in [0.25, 0.3) is 0 Å². The van der Waals surface area contributed by atoms with Gasteiger partial charge < -0.3 is 25.2 Å². The summed E-state index contributed by atoms with van der Waals surface area (Å²) in [5.74, 6) is -0.830. The molecule has 0 aliphatic carbocycles. The van der Waals surface area contributed by atoms with E-state index in [1.54, 1.807) is 44.2 Å². The molecule has 212 valence electrons. The highest BCUT2D eigenvalue weighted by atomic mass is 16.5. The Morgan fingerprint density at radius 2 is 1.69 bits per heavy atom. The second-order valence-corrected chi connectivity index (χ2v) is 10.4. The third-order valence-electron chi connectivity index (χ3n) is 6.95. The van der Waals surface area contributed by atoms with Crippen molar-refractivity contribution in [2.75, 3.05) is 0 Å². The minimum Gasteiger partial charge on any atom is -0.508 e. The highest BCUT2D eigenvalue weighted by Gasteiger charge is 2.31. The molecule has 0 radical (unpaired) electrons. The van der Waals surface area contributed by atoms with Crippen molar-refractivity contribution in [2.45, 2.75) is 77.8 Å². The van der Waals surface area contributed by atoms with Gasteiger partial charge >= 0.3 is 5.97 Å². The minimum absolute atomic E-state index is 0.0370. The van der Waals surface area contributed by atoms with Crippen LogP contribution in [0.1, 0.15) is 65.0 Å². The van der Waals surface area contributed by atoms with E-state index in [0.29, 0.717) is 24.0 Å². The Balaban J connectivity index is 2.28. The van der Waals surface area contributed by atoms with Crippen LogP contribution in [-0.4, -0.2) is 44.7 Å². The summed E-state index contributed by atoms with van der Waals surface area (Å²) in [5.41, 5.74) is 1.77. The molecule has 0 amide bonds. The molecule has 0 saturated heterocycles. The second kappa shape index (κ2) is 16.7. The summed E-state index contributed by atoms with van der Waals surface area (Å²) in [6.07, 6.45) is 17.3. The first-order chi connectivity index (χ1) is 18.6. The third kappa shape index (κ3) is 11.6. The van der Waals surface area contributed by atoms with E-state index in [4.69, 9.17) is 4.74 Å². The highest BCUT2D eigenvalue weighted by molar-refractivity contribution is 5.88. The number of aliphatic hydroxyl groups excluding tert-OH is 3. The van der Waals surface area contributed by atoms with Crippen LogP contribution >= 0.6 is 0 Å². The van der Waals surface area contributed by atoms with Crippen LogP contribution < -0.4 is 0 Å². The van der Waals surface area contributed by atoms with Gasteiger partial charge in [0.2, 0.25) is 0 Å². The predicted molar refractivity (Wildman–Crippen MR) is 156 cm³/mol. The van der Waals surface area contributed by atoms with Gasteiger partial charge in [0.15, 0.2) is 0 Å². The van der Waals surface area contributed by atoms with E-state index in [1.165, 1.54) is 12.1 Å². The zero-order chi connectivity index (χ0) is 28.8. The lowest BCUT2D eigenvalue weighted by Gasteiger charge is -2.30. The number of hydrogen-bond acceptors (Lipinski definition) is 6. The van der Waals surface area contributed by atoms with Crippen molar-refractivity contribution in [2.24, 2.45) is 11.8 Å². The highest BCUT2D eigenvalue weighted by Crippen LogP contribution is 2.31. The van der Waals surface area contributed by atoms with Gasteiger partial charge in [0.05, 0.1) is 18.3 Å². The largest absolute Gasteiger partial charge is 0.508 e. The number of hydrogen-bond donors (Lipinski definition) is 4. The third-order valence-corrected chi connectivity index (χ3v) is 6.95. The number of phenolic OH excluding ortho intramolecular Hbond substituents is 1. The zero-order valence-electron chi connectivity index (χ0n) is 23.5. The SMILES string of the molecule is C/C1=C/C=C/C=C/C=C/C[C@@H](O)/C(C)=C/C=C/[C@H](C)CC[C@H](O)C[C@@H]([C@@H](C)[C@@H](O)c2cccc(O)c2)OC1=O. The van der Waals surface area contributed by atoms with Gasteiger partial charge in [-0.05, 0) is 62.3 Å². The van der Waals surface area contributed by atoms with Gasteiger partial charge in [-0.15, -0.1) is 0 Å². The number of carbonyl (C=O) groups is 1. The maximum absolute atomic E-state index is 12.9. The summed E-state index contributed by atoms with van der Waals surface area (Å²) in [7, 11) is 0. The van der Waals surface area contributed by atoms with Crippen LogP contribution in [0.15, 0.2) is 96.2 Å². The molecule has 6 atom stereocenters. The van der Waals surface area contributed by atoms with Crippen molar-refractivity contribution in [3.05, 3.63) is 102 Å². The topological polar surface area (TPSA) is 107 Å². The molecule has 1 aliphatic heterocycles. The van der Waals surface area contributed by atoms with E-state index >= 15 is 0 Å². The Morgan fingerprint density at radius 1 is 0.974 bits per heavy atom. The van der Waals surface area contributed by atoms with Gasteiger partial charge in [-0.25, -0.2) is 4.79 Å². The molecule has 0 aromatic heterocycles. The first-order valence-corrected chi connectivity index (χ1v) is 13.6. The van der Waals surface area contributed by atoms with Gasteiger partial charge in [-0.3, -0.25) is 0 Å². The predicted octanol–water partition coefficient (Wildman–Crippen LogP) is 6.02. The summed E-state index contributed by atoms with van der Waals surface area (Å²) >= 11 is 0. The fourth-order valence-electron chi connectivity index (χ4n) is 4.19. The van der Waals surface area contributed by atoms with E-state index in [1.807, 2.05) is 49.5 Å². The number of aliphatic hydroxyl groups is 3. The quantitative estimate of drug-likeness (QED) is 0.352. The molecule has 0 saturated carbocycles. The average Bonchev–Trinajstić information content (AvgIpc) is 2.91. The molecule has 39 heavy (non-hydrogen) atoms. The molecule has 1 aromatic carbocycles. The number of phenols is 1. The number of allylic oxidation sites excluding steroid dienone is 9. The van der Waals surface area contributed by atoms with Crippen LogP contribution in [0, 0.1) is 11.8 Å². The standard InChI is InChI=1S/C33H44O6/c1-23-13-11-15-24(2)30(36)18-10-8-6-5-7-9-14-25(3)33(38)39-31(22-29(35)20-19-23)26(4)32(37)27-16-12-17-28(34)21-27/h5-17,21,23,26,29-32,34-37H,18-20,22H2,1-4H3/b6-5+,9-7+,10-8+,13-11+,24-15+,25-14-/t23-,26+,29-,30+,31-,32+/m0/s1. The molecule has 4 N–H and O–H groups in total. The Morgan fingerprint density at radius 3 is 2.44 bits per heavy atom. The fraction of sp³-hybridized carbons (Fsp3) is 0.424. The normalized spacial score (nSPS) is 31.9. The molecule has 0 unspecified atom stereocenters. The zero-order valence-corrected chi connectivity index (χ0v) is 23.5. The van der Waals surface area contributed by atoms with Gasteiger partial charge in [0.25, 0.3) is 0 Å². The summed E-state index contributed by atoms with van der Waals surface area (Å²) in [4.78, 5) is 12.9. The van der Waals surface area contributed by atoms with E-state index < -0.39 is 36.3 Å². The van der Waals surface area contributed by atoms with Crippen molar-refractivity contribution in [3.63, 3.8) is 0 Å². The molecule has 1 aliphatic rings. The summed E-state index contributed by atoms with van der Waals surface area (Å²) in [6, 6.07) is 6.36. The lowest BCUT2D eigenvalue weighted by molar-refractivity contribution is -0.151. The molecule has 6 heteroatoms. The van der Waals surface area contributed by atoms with Crippen LogP contribution in [0.3, 0.4) is 0 Å². The second-order valence-electron chi connectivity index (χ2n) is 10.4. The molecular weight excluding hydrogens is 492 g/mol. The summed E-state index contributed by atoms with van der Waals surface area (Å²) in [5, 5.41) is 42.1. The van der Waals surface area contributed by atoms with Crippen molar-refractivity contribution >= 4 is 5.97 Å². The number of esters is 1. The number of aromatic hydroxyl groups is 1. The molecule has 0 fully saturated rings. The Labute approximate surface area is 233 Å². The van der Waals surface area contributed by atoms with Crippen molar-refractivity contribution in [1.29, 1.82) is 0 Å². The minimum atomic E-state index is -1.00. The maximum Gasteiger partial charge on any atom is 0.333 e. The number of ether oxygens (including phenoxy) is 1. The Kier molecular flexibility index (Phi) is 13.7. The number of cyclic esters (lactones) is 1. The van der Waals surface area contributed by atoms with Crippen LogP contribution in [0.4, 0.5) is 0 Å². The smallest absolute Gasteiger partial charge is 0.333 e. The molecule has 6 nitrogen and oxygen atoms in total. The van der Waals surface area contributed by atoms with Crippen molar-refractivity contribution in [3.8, 4) is 5.75 Å². The molecular formula is C33H44O6. The van der Waals surface area contributed by atoms with Crippen molar-refractivity contribution < 1.29 is 30.0 Å². The van der Waals surface area contributed by atoms with Gasteiger partial charge in [-0.2, -0.15) is 0 Å². The van der Waals surface area contributed by atoms with Gasteiger partial charge in [-0.1, -0.05) is 86.7 Å². The van der Waals surface area contributed by atoms with Crippen molar-refractivity contribution in [1.82, 2.24) is 0 Å². The fourth-order valence-corrected chi connectivity index (χ4v) is 4.19. The Bertz CT molecular complexity index is 1090. The number of carbonyl (C=O) groups excluding carboxylic acids is 1.